The molecule has 1 N–H and O–H groups in total. The summed E-state index contributed by atoms with van der Waals surface area (Å²) in [6.07, 6.45) is 1.51. The van der Waals surface area contributed by atoms with Gasteiger partial charge < -0.3 is 4.98 Å². The normalized spacial score (nSPS) is 11.0. The number of hydrogen-bond acceptors (Lipinski definition) is 3. The number of benzene rings is 2. The summed E-state index contributed by atoms with van der Waals surface area (Å²) in [5.41, 5.74) is 2.33. The molecule has 0 aliphatic rings. The predicted molar refractivity (Wildman–Crippen MR) is 91.9 cm³/mol. The average Bonchev–Trinajstić information content (AvgIpc) is 3.07. The SMILES string of the molecule is O=c1c2[nH]cnc2n(-c2ccccc2)c(=S)n1-c1ccccc1. The first-order valence-electron chi connectivity index (χ1n) is 7.09. The summed E-state index contributed by atoms with van der Waals surface area (Å²) in [4.78, 5) is 20.0. The Bertz CT molecular complexity index is 1090. The van der Waals surface area contributed by atoms with Gasteiger partial charge >= 0.3 is 0 Å². The quantitative estimate of drug-likeness (QED) is 0.577. The van der Waals surface area contributed by atoms with Crippen LogP contribution in [0.5, 0.6) is 0 Å². The van der Waals surface area contributed by atoms with E-state index in [2.05, 4.69) is 9.97 Å². The van der Waals surface area contributed by atoms with E-state index in [0.717, 1.165) is 11.4 Å². The zero-order chi connectivity index (χ0) is 15.8. The Labute approximate surface area is 136 Å². The molecule has 0 saturated heterocycles. The van der Waals surface area contributed by atoms with Crippen molar-refractivity contribution in [1.29, 1.82) is 0 Å². The van der Waals surface area contributed by atoms with Crippen molar-refractivity contribution in [2.45, 2.75) is 0 Å². The third kappa shape index (κ3) is 2.11. The summed E-state index contributed by atoms with van der Waals surface area (Å²) in [6, 6.07) is 19.0. The smallest absolute Gasteiger partial charge is 0.284 e. The Kier molecular flexibility index (Phi) is 3.17. The van der Waals surface area contributed by atoms with Crippen LogP contribution in [-0.4, -0.2) is 19.1 Å². The fourth-order valence-electron chi connectivity index (χ4n) is 2.62. The summed E-state index contributed by atoms with van der Waals surface area (Å²) in [7, 11) is 0. The minimum Gasteiger partial charge on any atom is -0.339 e. The minimum atomic E-state index is -0.208. The summed E-state index contributed by atoms with van der Waals surface area (Å²) >= 11 is 5.61. The second-order valence-electron chi connectivity index (χ2n) is 5.03. The minimum absolute atomic E-state index is 0.208. The number of imidazole rings is 1. The Balaban J connectivity index is 2.18. The van der Waals surface area contributed by atoms with Gasteiger partial charge in [0.25, 0.3) is 5.56 Å². The lowest BCUT2D eigenvalue weighted by atomic mass is 10.3. The van der Waals surface area contributed by atoms with E-state index in [1.54, 1.807) is 4.57 Å². The molecule has 0 aliphatic heterocycles. The van der Waals surface area contributed by atoms with Gasteiger partial charge in [0.1, 0.15) is 0 Å². The van der Waals surface area contributed by atoms with Crippen LogP contribution in [0.15, 0.2) is 71.8 Å². The number of nitrogens with zero attached hydrogens (tertiary/aromatic N) is 3. The maximum absolute atomic E-state index is 12.8. The van der Waals surface area contributed by atoms with Crippen molar-refractivity contribution in [2.75, 3.05) is 0 Å². The molecule has 0 saturated carbocycles. The fraction of sp³-hybridized carbons (Fsp3) is 0. The van der Waals surface area contributed by atoms with E-state index in [1.807, 2.05) is 60.7 Å². The van der Waals surface area contributed by atoms with E-state index in [9.17, 15) is 4.79 Å². The van der Waals surface area contributed by atoms with E-state index < -0.39 is 0 Å². The van der Waals surface area contributed by atoms with E-state index in [-0.39, 0.29) is 5.56 Å². The van der Waals surface area contributed by atoms with E-state index in [4.69, 9.17) is 12.2 Å². The Morgan fingerprint density at radius 1 is 0.870 bits per heavy atom. The molecule has 0 fully saturated rings. The molecule has 4 aromatic rings. The van der Waals surface area contributed by atoms with Crippen LogP contribution in [0.1, 0.15) is 0 Å². The van der Waals surface area contributed by atoms with Crippen molar-refractivity contribution >= 4 is 23.4 Å². The molecular weight excluding hydrogens is 308 g/mol. The number of aromatic nitrogens is 4. The van der Waals surface area contributed by atoms with E-state index in [0.29, 0.717) is 15.9 Å². The van der Waals surface area contributed by atoms with Gasteiger partial charge in [-0.05, 0) is 36.5 Å². The second kappa shape index (κ2) is 5.33. The van der Waals surface area contributed by atoms with Gasteiger partial charge in [0.05, 0.1) is 12.0 Å². The molecule has 0 unspecified atom stereocenters. The van der Waals surface area contributed by atoms with Crippen molar-refractivity contribution in [3.05, 3.63) is 82.1 Å². The molecular formula is C17H12N4OS. The summed E-state index contributed by atoms with van der Waals surface area (Å²) in [6.45, 7) is 0. The molecule has 23 heavy (non-hydrogen) atoms. The van der Waals surface area contributed by atoms with Gasteiger partial charge in [-0.2, -0.15) is 0 Å². The largest absolute Gasteiger partial charge is 0.339 e. The molecule has 6 heteroatoms. The molecule has 5 nitrogen and oxygen atoms in total. The number of rotatable bonds is 2. The lowest BCUT2D eigenvalue weighted by Gasteiger charge is -2.13. The Morgan fingerprint density at radius 3 is 2.04 bits per heavy atom. The lowest BCUT2D eigenvalue weighted by molar-refractivity contribution is 0.867. The number of hydrogen-bond donors (Lipinski definition) is 1. The van der Waals surface area contributed by atoms with Gasteiger partial charge in [-0.3, -0.25) is 13.9 Å². The number of para-hydroxylation sites is 2. The van der Waals surface area contributed by atoms with Crippen molar-refractivity contribution in [3.8, 4) is 11.4 Å². The Morgan fingerprint density at radius 2 is 1.43 bits per heavy atom. The molecule has 0 amide bonds. The van der Waals surface area contributed by atoms with Crippen molar-refractivity contribution in [2.24, 2.45) is 0 Å². The third-order valence-electron chi connectivity index (χ3n) is 3.66. The van der Waals surface area contributed by atoms with Gasteiger partial charge in [0, 0.05) is 5.69 Å². The van der Waals surface area contributed by atoms with Crippen LogP contribution in [0.2, 0.25) is 0 Å². The molecule has 0 radical (unpaired) electrons. The molecule has 0 aliphatic carbocycles. The van der Waals surface area contributed by atoms with Gasteiger partial charge in [-0.25, -0.2) is 4.98 Å². The molecule has 0 atom stereocenters. The highest BCUT2D eigenvalue weighted by atomic mass is 32.1. The van der Waals surface area contributed by atoms with Crippen LogP contribution >= 0.6 is 12.2 Å². The van der Waals surface area contributed by atoms with Gasteiger partial charge in [0.15, 0.2) is 15.9 Å². The van der Waals surface area contributed by atoms with Crippen LogP contribution in [0.4, 0.5) is 0 Å². The molecule has 2 aromatic heterocycles. The van der Waals surface area contributed by atoms with E-state index >= 15 is 0 Å². The van der Waals surface area contributed by atoms with Crippen LogP contribution in [0.25, 0.3) is 22.5 Å². The van der Waals surface area contributed by atoms with Crippen molar-refractivity contribution in [1.82, 2.24) is 19.1 Å². The van der Waals surface area contributed by atoms with Crippen molar-refractivity contribution in [3.63, 3.8) is 0 Å². The number of H-pyrrole nitrogens is 1. The van der Waals surface area contributed by atoms with Crippen molar-refractivity contribution < 1.29 is 0 Å². The topological polar surface area (TPSA) is 55.6 Å². The van der Waals surface area contributed by atoms with Gasteiger partial charge in [0.2, 0.25) is 0 Å². The highest BCUT2D eigenvalue weighted by molar-refractivity contribution is 7.71. The third-order valence-corrected chi connectivity index (χ3v) is 4.02. The summed E-state index contributed by atoms with van der Waals surface area (Å²) in [5, 5.41) is 0. The first kappa shape index (κ1) is 13.7. The number of aromatic amines is 1. The zero-order valence-electron chi connectivity index (χ0n) is 12.0. The molecule has 2 aromatic carbocycles. The summed E-state index contributed by atoms with van der Waals surface area (Å²) < 4.78 is 3.70. The first-order valence-corrected chi connectivity index (χ1v) is 7.50. The average molecular weight is 320 g/mol. The van der Waals surface area contributed by atoms with Gasteiger partial charge in [-0.1, -0.05) is 36.4 Å². The first-order chi connectivity index (χ1) is 11.3. The second-order valence-corrected chi connectivity index (χ2v) is 5.40. The van der Waals surface area contributed by atoms with Crippen LogP contribution in [0, 0.1) is 4.77 Å². The molecule has 0 bridgehead atoms. The molecule has 2 heterocycles. The highest BCUT2D eigenvalue weighted by Gasteiger charge is 2.15. The standard InChI is InChI=1S/C17H12N4OS/c22-16-14-15(19-11-18-14)20(12-7-3-1-4-8-12)17(23)21(16)13-9-5-2-6-10-13/h1-11H,(H,18,19). The molecule has 0 spiro atoms. The highest BCUT2D eigenvalue weighted by Crippen LogP contribution is 2.16. The predicted octanol–water partition coefficient (Wildman–Crippen LogP) is 3.23. The van der Waals surface area contributed by atoms with Crippen LogP contribution < -0.4 is 5.56 Å². The maximum atomic E-state index is 12.8. The maximum Gasteiger partial charge on any atom is 0.284 e. The summed E-state index contributed by atoms with van der Waals surface area (Å²) in [5.74, 6) is 0. The van der Waals surface area contributed by atoms with Crippen LogP contribution in [0.3, 0.4) is 0 Å². The molecule has 4 rings (SSSR count). The van der Waals surface area contributed by atoms with Crippen LogP contribution in [-0.2, 0) is 0 Å². The Hall–Kier alpha value is -2.99. The number of nitrogens with one attached hydrogen (secondary N) is 1. The molecule has 112 valence electrons. The zero-order valence-corrected chi connectivity index (χ0v) is 12.8. The monoisotopic (exact) mass is 320 g/mol. The lowest BCUT2D eigenvalue weighted by Crippen LogP contribution is -2.23. The van der Waals surface area contributed by atoms with Gasteiger partial charge in [-0.15, -0.1) is 0 Å². The fourth-order valence-corrected chi connectivity index (χ4v) is 3.00. The van der Waals surface area contributed by atoms with E-state index in [1.165, 1.54) is 10.9 Å². The number of fused-ring (bicyclic) bond motifs is 1.